The van der Waals surface area contributed by atoms with Crippen molar-refractivity contribution in [2.75, 3.05) is 27.2 Å². The van der Waals surface area contributed by atoms with Crippen molar-refractivity contribution in [2.45, 2.75) is 18.6 Å². The van der Waals surface area contributed by atoms with Crippen molar-refractivity contribution in [1.82, 2.24) is 29.8 Å². The van der Waals surface area contributed by atoms with Crippen LogP contribution in [0, 0.1) is 11.3 Å². The molecule has 7 heteroatoms. The first kappa shape index (κ1) is 14.6. The Morgan fingerprint density at radius 1 is 1.36 bits per heavy atom. The molecule has 1 fully saturated rings. The van der Waals surface area contributed by atoms with Gasteiger partial charge >= 0.3 is 0 Å². The molecular formula is C15H19N7. The van der Waals surface area contributed by atoms with E-state index in [1.807, 2.05) is 23.0 Å². The third kappa shape index (κ3) is 2.98. The number of likely N-dealkylation sites (N-methyl/N-ethyl adjacent to an activating group) is 1. The Morgan fingerprint density at radius 3 is 2.91 bits per heavy atom. The van der Waals surface area contributed by atoms with Crippen LogP contribution in [0.1, 0.15) is 17.3 Å². The van der Waals surface area contributed by atoms with Crippen LogP contribution in [0.15, 0.2) is 30.7 Å². The molecule has 114 valence electrons. The molecule has 0 unspecified atom stereocenters. The molecule has 1 aliphatic heterocycles. The molecule has 0 radical (unpaired) electrons. The van der Waals surface area contributed by atoms with Gasteiger partial charge in [-0.15, -0.1) is 5.10 Å². The summed E-state index contributed by atoms with van der Waals surface area (Å²) in [5.74, 6) is 0. The van der Waals surface area contributed by atoms with E-state index in [9.17, 15) is 0 Å². The first-order chi connectivity index (χ1) is 10.7. The zero-order valence-corrected chi connectivity index (χ0v) is 12.8. The summed E-state index contributed by atoms with van der Waals surface area (Å²) in [6.45, 7) is 2.69. The van der Waals surface area contributed by atoms with Gasteiger partial charge in [0.15, 0.2) is 0 Å². The van der Waals surface area contributed by atoms with Gasteiger partial charge in [-0.1, -0.05) is 5.21 Å². The lowest BCUT2D eigenvalue weighted by Crippen LogP contribution is -2.36. The number of hydrogen-bond donors (Lipinski definition) is 0. The Morgan fingerprint density at radius 2 is 2.23 bits per heavy atom. The normalized spacial score (nSPS) is 22.1. The summed E-state index contributed by atoms with van der Waals surface area (Å²) in [5.41, 5.74) is 1.58. The quantitative estimate of drug-likeness (QED) is 0.819. The highest BCUT2D eigenvalue weighted by atomic mass is 15.5. The number of hydrogen-bond acceptors (Lipinski definition) is 6. The molecule has 0 aliphatic carbocycles. The Bertz CT molecular complexity index is 659. The summed E-state index contributed by atoms with van der Waals surface area (Å²) < 4.78 is 1.94. The second-order valence-electron chi connectivity index (χ2n) is 5.84. The first-order valence-electron chi connectivity index (χ1n) is 7.27. The molecule has 3 rings (SSSR count). The van der Waals surface area contributed by atoms with Gasteiger partial charge in [0.05, 0.1) is 12.2 Å². The van der Waals surface area contributed by atoms with Crippen LogP contribution in [0.3, 0.4) is 0 Å². The van der Waals surface area contributed by atoms with E-state index in [-0.39, 0.29) is 6.04 Å². The van der Waals surface area contributed by atoms with Crippen molar-refractivity contribution in [1.29, 1.82) is 5.26 Å². The molecule has 0 bridgehead atoms. The van der Waals surface area contributed by atoms with E-state index < -0.39 is 0 Å². The molecule has 1 aliphatic rings. The lowest BCUT2D eigenvalue weighted by molar-refractivity contribution is 0.237. The number of aromatic nitrogens is 4. The molecule has 0 spiro atoms. The molecule has 2 atom stereocenters. The number of likely N-dealkylation sites (tertiary alicyclic amines) is 1. The van der Waals surface area contributed by atoms with Gasteiger partial charge in [-0.2, -0.15) is 5.26 Å². The van der Waals surface area contributed by atoms with Gasteiger partial charge in [-0.05, 0) is 31.8 Å². The van der Waals surface area contributed by atoms with Crippen molar-refractivity contribution >= 4 is 0 Å². The van der Waals surface area contributed by atoms with E-state index >= 15 is 0 Å². The van der Waals surface area contributed by atoms with Crippen LogP contribution in [0.2, 0.25) is 0 Å². The third-order valence-corrected chi connectivity index (χ3v) is 4.12. The zero-order valence-electron chi connectivity index (χ0n) is 12.8. The first-order valence-corrected chi connectivity index (χ1v) is 7.27. The minimum Gasteiger partial charge on any atom is -0.303 e. The maximum atomic E-state index is 8.95. The summed E-state index contributed by atoms with van der Waals surface area (Å²) in [7, 11) is 4.19. The summed E-state index contributed by atoms with van der Waals surface area (Å²) in [4.78, 5) is 8.64. The molecule has 1 saturated heterocycles. The van der Waals surface area contributed by atoms with Gasteiger partial charge in [0.2, 0.25) is 0 Å². The lowest BCUT2D eigenvalue weighted by atomic mass is 10.1. The molecule has 2 aromatic heterocycles. The van der Waals surface area contributed by atoms with Crippen LogP contribution in [-0.4, -0.2) is 63.0 Å². The van der Waals surface area contributed by atoms with Crippen molar-refractivity contribution in [2.24, 2.45) is 0 Å². The van der Waals surface area contributed by atoms with Gasteiger partial charge in [0.1, 0.15) is 11.8 Å². The summed E-state index contributed by atoms with van der Waals surface area (Å²) >= 11 is 0. The zero-order chi connectivity index (χ0) is 15.5. The van der Waals surface area contributed by atoms with Gasteiger partial charge in [-0.25, -0.2) is 9.67 Å². The van der Waals surface area contributed by atoms with E-state index in [1.165, 1.54) is 0 Å². The molecular weight excluding hydrogens is 278 g/mol. The lowest BCUT2D eigenvalue weighted by Gasteiger charge is -2.24. The van der Waals surface area contributed by atoms with Crippen molar-refractivity contribution < 1.29 is 0 Å². The molecule has 0 saturated carbocycles. The largest absolute Gasteiger partial charge is 0.303 e. The molecule has 0 amide bonds. The van der Waals surface area contributed by atoms with Crippen LogP contribution >= 0.6 is 0 Å². The van der Waals surface area contributed by atoms with E-state index in [4.69, 9.17) is 5.26 Å². The Labute approximate surface area is 129 Å². The Hall–Kier alpha value is -2.30. The average Bonchev–Trinajstić information content (AvgIpc) is 3.16. The smallest absolute Gasteiger partial charge is 0.140 e. The second kappa shape index (κ2) is 6.22. The highest BCUT2D eigenvalue weighted by molar-refractivity contribution is 5.25. The van der Waals surface area contributed by atoms with Crippen molar-refractivity contribution in [3.8, 4) is 6.07 Å². The van der Waals surface area contributed by atoms with Gasteiger partial charge < -0.3 is 4.90 Å². The third-order valence-electron chi connectivity index (χ3n) is 4.12. The number of pyridine rings is 1. The topological polar surface area (TPSA) is 73.9 Å². The fourth-order valence-electron chi connectivity index (χ4n) is 3.03. The maximum Gasteiger partial charge on any atom is 0.140 e. The fourth-order valence-corrected chi connectivity index (χ4v) is 3.03. The average molecular weight is 297 g/mol. The maximum absolute atomic E-state index is 8.95. The monoisotopic (exact) mass is 297 g/mol. The fraction of sp³-hybridized carbons (Fsp3) is 0.467. The van der Waals surface area contributed by atoms with Crippen LogP contribution in [0.4, 0.5) is 0 Å². The molecule has 0 aromatic carbocycles. The van der Waals surface area contributed by atoms with Crippen molar-refractivity contribution in [3.63, 3.8) is 0 Å². The highest BCUT2D eigenvalue weighted by Crippen LogP contribution is 2.25. The van der Waals surface area contributed by atoms with E-state index in [1.54, 1.807) is 12.4 Å². The van der Waals surface area contributed by atoms with E-state index in [0.29, 0.717) is 11.7 Å². The number of rotatable bonds is 4. The second-order valence-corrected chi connectivity index (χ2v) is 5.84. The summed E-state index contributed by atoms with van der Waals surface area (Å²) in [6, 6.07) is 6.59. The van der Waals surface area contributed by atoms with Gasteiger partial charge in [0.25, 0.3) is 0 Å². The molecule has 0 N–H and O–H groups in total. The molecule has 22 heavy (non-hydrogen) atoms. The van der Waals surface area contributed by atoms with Crippen LogP contribution in [-0.2, 0) is 6.54 Å². The molecule has 3 heterocycles. The minimum absolute atomic E-state index is 0.287. The standard InChI is InChI=1S/C15H19N7/c1-20(2)14-10-21(11-15(14)22-6-5-18-19-22)9-12-3-4-17-13(7-12)8-16/h3-7,14-15H,9-11H2,1-2H3/t14-,15+/m1/s1. The van der Waals surface area contributed by atoms with Crippen LogP contribution in [0.5, 0.6) is 0 Å². The number of nitriles is 1. The van der Waals surface area contributed by atoms with Crippen LogP contribution in [0.25, 0.3) is 0 Å². The highest BCUT2D eigenvalue weighted by Gasteiger charge is 2.35. The van der Waals surface area contributed by atoms with Gasteiger partial charge in [0, 0.05) is 38.1 Å². The molecule has 2 aromatic rings. The molecule has 7 nitrogen and oxygen atoms in total. The van der Waals surface area contributed by atoms with E-state index in [2.05, 4.69) is 45.3 Å². The predicted molar refractivity (Wildman–Crippen MR) is 80.8 cm³/mol. The Balaban J connectivity index is 1.75. The van der Waals surface area contributed by atoms with Crippen LogP contribution < -0.4 is 0 Å². The van der Waals surface area contributed by atoms with Gasteiger partial charge in [-0.3, -0.25) is 4.90 Å². The summed E-state index contributed by atoms with van der Waals surface area (Å²) in [5, 5.41) is 17.0. The van der Waals surface area contributed by atoms with Crippen molar-refractivity contribution in [3.05, 3.63) is 42.0 Å². The van der Waals surface area contributed by atoms with E-state index in [0.717, 1.165) is 25.2 Å². The Kier molecular flexibility index (Phi) is 4.13. The predicted octanol–water partition coefficient (Wildman–Crippen LogP) is 0.532. The minimum atomic E-state index is 0.287. The SMILES string of the molecule is CN(C)[C@@H]1CN(Cc2ccnc(C#N)c2)C[C@@H]1n1ccnn1. The summed E-state index contributed by atoms with van der Waals surface area (Å²) in [6.07, 6.45) is 5.34. The number of nitrogens with zero attached hydrogens (tertiary/aromatic N) is 7.